The van der Waals surface area contributed by atoms with E-state index in [0.29, 0.717) is 13.1 Å². The van der Waals surface area contributed by atoms with Crippen LogP contribution in [0.1, 0.15) is 39.5 Å². The average Bonchev–Trinajstić information content (AvgIpc) is 2.39. The molecule has 1 heterocycles. The zero-order valence-electron chi connectivity index (χ0n) is 11.5. The van der Waals surface area contributed by atoms with Crippen LogP contribution in [0.25, 0.3) is 0 Å². The van der Waals surface area contributed by atoms with E-state index in [0.717, 1.165) is 25.9 Å². The van der Waals surface area contributed by atoms with Crippen molar-refractivity contribution in [1.82, 2.24) is 15.5 Å². The van der Waals surface area contributed by atoms with Gasteiger partial charge in [-0.25, -0.2) is 0 Å². The maximum absolute atomic E-state index is 11.8. The van der Waals surface area contributed by atoms with Crippen molar-refractivity contribution in [2.75, 3.05) is 26.2 Å². The first-order valence-electron chi connectivity index (χ1n) is 6.95. The predicted octanol–water partition coefficient (Wildman–Crippen LogP) is 0.503. The summed E-state index contributed by atoms with van der Waals surface area (Å²) in [5.74, 6) is -0.847. The zero-order valence-corrected chi connectivity index (χ0v) is 11.5. The fourth-order valence-electron chi connectivity index (χ4n) is 2.07. The van der Waals surface area contributed by atoms with Gasteiger partial charge in [0.15, 0.2) is 0 Å². The molecular weight excluding hydrogens is 230 g/mol. The average molecular weight is 255 g/mol. The van der Waals surface area contributed by atoms with E-state index < -0.39 is 5.91 Å². The molecule has 0 radical (unpaired) electrons. The van der Waals surface area contributed by atoms with Gasteiger partial charge in [-0.05, 0) is 13.3 Å². The Kier molecular flexibility index (Phi) is 6.72. The fourth-order valence-corrected chi connectivity index (χ4v) is 2.07. The van der Waals surface area contributed by atoms with E-state index in [9.17, 15) is 9.59 Å². The van der Waals surface area contributed by atoms with Crippen LogP contribution in [0, 0.1) is 0 Å². The lowest BCUT2D eigenvalue weighted by Gasteiger charge is -2.27. The monoisotopic (exact) mass is 255 g/mol. The number of unbranched alkanes of at least 4 members (excludes halogenated alkanes) is 2. The number of nitrogens with one attached hydrogen (secondary N) is 2. The number of hydrogen-bond acceptors (Lipinski definition) is 3. The number of carbonyl (C=O) groups is 2. The van der Waals surface area contributed by atoms with Gasteiger partial charge < -0.3 is 15.5 Å². The second kappa shape index (κ2) is 8.08. The van der Waals surface area contributed by atoms with E-state index in [1.54, 1.807) is 4.90 Å². The Bertz CT molecular complexity index is 275. The Morgan fingerprint density at radius 2 is 1.94 bits per heavy atom. The van der Waals surface area contributed by atoms with Crippen molar-refractivity contribution in [2.24, 2.45) is 0 Å². The molecular formula is C13H25N3O2. The van der Waals surface area contributed by atoms with Gasteiger partial charge >= 0.3 is 11.8 Å². The molecule has 0 spiro atoms. The first-order chi connectivity index (χ1) is 8.65. The van der Waals surface area contributed by atoms with Crippen molar-refractivity contribution in [3.63, 3.8) is 0 Å². The molecule has 0 aromatic rings. The molecule has 1 fully saturated rings. The summed E-state index contributed by atoms with van der Waals surface area (Å²) in [4.78, 5) is 25.2. The van der Waals surface area contributed by atoms with Crippen molar-refractivity contribution in [2.45, 2.75) is 45.6 Å². The third-order valence-electron chi connectivity index (χ3n) is 3.22. The SMILES string of the molecule is CCCCCC(C)NC(=O)C(=O)N1CCNCC1. The molecule has 1 atom stereocenters. The van der Waals surface area contributed by atoms with Gasteiger partial charge in [-0.1, -0.05) is 26.2 Å². The Balaban J connectivity index is 2.27. The summed E-state index contributed by atoms with van der Waals surface area (Å²) in [5.41, 5.74) is 0. The number of nitrogens with zero attached hydrogens (tertiary/aromatic N) is 1. The van der Waals surface area contributed by atoms with Gasteiger partial charge in [0, 0.05) is 32.2 Å². The number of amides is 2. The molecule has 5 nitrogen and oxygen atoms in total. The van der Waals surface area contributed by atoms with Crippen molar-refractivity contribution in [3.8, 4) is 0 Å². The summed E-state index contributed by atoms with van der Waals surface area (Å²) < 4.78 is 0. The van der Waals surface area contributed by atoms with Crippen molar-refractivity contribution < 1.29 is 9.59 Å². The second-order valence-corrected chi connectivity index (χ2v) is 4.91. The molecule has 2 N–H and O–H groups in total. The molecule has 1 rings (SSSR count). The standard InChI is InChI=1S/C13H25N3O2/c1-3-4-5-6-11(2)15-12(17)13(18)16-9-7-14-8-10-16/h11,14H,3-10H2,1-2H3,(H,15,17). The van der Waals surface area contributed by atoms with Gasteiger partial charge in [0.05, 0.1) is 0 Å². The van der Waals surface area contributed by atoms with Gasteiger partial charge in [-0.2, -0.15) is 0 Å². The van der Waals surface area contributed by atoms with Crippen molar-refractivity contribution in [3.05, 3.63) is 0 Å². The molecule has 1 aliphatic heterocycles. The van der Waals surface area contributed by atoms with Crippen molar-refractivity contribution in [1.29, 1.82) is 0 Å². The predicted molar refractivity (Wildman–Crippen MR) is 71.2 cm³/mol. The highest BCUT2D eigenvalue weighted by molar-refractivity contribution is 6.35. The van der Waals surface area contributed by atoms with Crippen LogP contribution in [0.3, 0.4) is 0 Å². The number of hydrogen-bond donors (Lipinski definition) is 2. The summed E-state index contributed by atoms with van der Waals surface area (Å²) in [7, 11) is 0. The first-order valence-corrected chi connectivity index (χ1v) is 6.95. The molecule has 1 unspecified atom stereocenters. The van der Waals surface area contributed by atoms with E-state index in [2.05, 4.69) is 17.6 Å². The first kappa shape index (κ1) is 15.0. The van der Waals surface area contributed by atoms with E-state index in [1.165, 1.54) is 12.8 Å². The maximum atomic E-state index is 11.8. The molecule has 1 aliphatic rings. The van der Waals surface area contributed by atoms with Crippen LogP contribution >= 0.6 is 0 Å². The minimum Gasteiger partial charge on any atom is -0.345 e. The number of piperazine rings is 1. The molecule has 5 heteroatoms. The summed E-state index contributed by atoms with van der Waals surface area (Å²) in [5, 5.41) is 5.94. The van der Waals surface area contributed by atoms with Crippen LogP contribution < -0.4 is 10.6 Å². The van der Waals surface area contributed by atoms with Crippen LogP contribution in [0.2, 0.25) is 0 Å². The van der Waals surface area contributed by atoms with Crippen LogP contribution in [-0.4, -0.2) is 48.9 Å². The Morgan fingerprint density at radius 1 is 1.28 bits per heavy atom. The second-order valence-electron chi connectivity index (χ2n) is 4.91. The smallest absolute Gasteiger partial charge is 0.311 e. The fraction of sp³-hybridized carbons (Fsp3) is 0.846. The summed E-state index contributed by atoms with van der Waals surface area (Å²) in [6.45, 7) is 6.89. The Hall–Kier alpha value is -1.10. The lowest BCUT2D eigenvalue weighted by atomic mass is 10.1. The zero-order chi connectivity index (χ0) is 13.4. The molecule has 0 bridgehead atoms. The minimum absolute atomic E-state index is 0.0796. The van der Waals surface area contributed by atoms with Crippen LogP contribution in [-0.2, 0) is 9.59 Å². The summed E-state index contributed by atoms with van der Waals surface area (Å²) >= 11 is 0. The largest absolute Gasteiger partial charge is 0.345 e. The Morgan fingerprint density at radius 3 is 2.56 bits per heavy atom. The molecule has 0 saturated carbocycles. The lowest BCUT2D eigenvalue weighted by Crippen LogP contribution is -2.52. The van der Waals surface area contributed by atoms with E-state index in [1.807, 2.05) is 6.92 Å². The third-order valence-corrected chi connectivity index (χ3v) is 3.22. The minimum atomic E-state index is -0.458. The van der Waals surface area contributed by atoms with Crippen LogP contribution in [0.15, 0.2) is 0 Å². The summed E-state index contributed by atoms with van der Waals surface area (Å²) in [6, 6.07) is 0.0796. The van der Waals surface area contributed by atoms with Gasteiger partial charge in [-0.3, -0.25) is 9.59 Å². The molecule has 0 aromatic heterocycles. The highest BCUT2D eigenvalue weighted by atomic mass is 16.2. The molecule has 1 saturated heterocycles. The maximum Gasteiger partial charge on any atom is 0.311 e. The van der Waals surface area contributed by atoms with Crippen molar-refractivity contribution >= 4 is 11.8 Å². The molecule has 18 heavy (non-hydrogen) atoms. The highest BCUT2D eigenvalue weighted by Crippen LogP contribution is 2.03. The topological polar surface area (TPSA) is 61.4 Å². The van der Waals surface area contributed by atoms with Gasteiger partial charge in [0.1, 0.15) is 0 Å². The van der Waals surface area contributed by atoms with E-state index in [-0.39, 0.29) is 11.9 Å². The van der Waals surface area contributed by atoms with Crippen LogP contribution in [0.5, 0.6) is 0 Å². The van der Waals surface area contributed by atoms with Crippen LogP contribution in [0.4, 0.5) is 0 Å². The van der Waals surface area contributed by atoms with Gasteiger partial charge in [0.25, 0.3) is 0 Å². The van der Waals surface area contributed by atoms with E-state index in [4.69, 9.17) is 0 Å². The van der Waals surface area contributed by atoms with Gasteiger partial charge in [0.2, 0.25) is 0 Å². The normalized spacial score (nSPS) is 17.3. The number of rotatable bonds is 5. The highest BCUT2D eigenvalue weighted by Gasteiger charge is 2.23. The molecule has 0 aromatic carbocycles. The molecule has 0 aliphatic carbocycles. The summed E-state index contributed by atoms with van der Waals surface area (Å²) in [6.07, 6.45) is 4.38. The lowest BCUT2D eigenvalue weighted by molar-refractivity contribution is -0.146. The Labute approximate surface area is 109 Å². The molecule has 104 valence electrons. The number of carbonyl (C=O) groups excluding carboxylic acids is 2. The molecule has 2 amide bonds. The quantitative estimate of drug-likeness (QED) is 0.555. The third kappa shape index (κ3) is 5.04. The van der Waals surface area contributed by atoms with E-state index >= 15 is 0 Å². The van der Waals surface area contributed by atoms with Gasteiger partial charge in [-0.15, -0.1) is 0 Å².